The summed E-state index contributed by atoms with van der Waals surface area (Å²) in [7, 11) is 0. The number of alkyl halides is 3. The minimum atomic E-state index is -4.13. The summed E-state index contributed by atoms with van der Waals surface area (Å²) < 4.78 is 51.2. The zero-order chi connectivity index (χ0) is 15.6. The van der Waals surface area contributed by atoms with Crippen molar-refractivity contribution in [2.24, 2.45) is 11.7 Å². The molecule has 2 nitrogen and oxygen atoms in total. The zero-order valence-electron chi connectivity index (χ0n) is 11.3. The monoisotopic (exact) mass is 320 g/mol. The molecule has 1 aliphatic heterocycles. The van der Waals surface area contributed by atoms with E-state index in [1.54, 1.807) is 0 Å². The van der Waals surface area contributed by atoms with E-state index >= 15 is 0 Å². The summed E-state index contributed by atoms with van der Waals surface area (Å²) in [5, 5.41) is 0. The van der Waals surface area contributed by atoms with E-state index in [2.05, 4.69) is 0 Å². The van der Waals surface area contributed by atoms with Crippen molar-refractivity contribution in [3.63, 3.8) is 0 Å². The summed E-state index contributed by atoms with van der Waals surface area (Å²) in [4.78, 5) is 2.04. The van der Waals surface area contributed by atoms with Gasteiger partial charge >= 0.3 is 6.18 Å². The van der Waals surface area contributed by atoms with Crippen molar-refractivity contribution < 1.29 is 17.6 Å². The van der Waals surface area contributed by atoms with Gasteiger partial charge in [-0.15, -0.1) is 0 Å². The molecule has 1 heterocycles. The summed E-state index contributed by atoms with van der Waals surface area (Å²) >= 11 is 4.92. The molecule has 0 aromatic heterocycles. The van der Waals surface area contributed by atoms with E-state index in [0.717, 1.165) is 0 Å². The predicted octanol–water partition coefficient (Wildman–Crippen LogP) is 3.23. The number of thiocarbonyl (C=S) groups is 1. The minimum absolute atomic E-state index is 0.0707. The topological polar surface area (TPSA) is 29.3 Å². The lowest BCUT2D eigenvalue weighted by atomic mass is 9.95. The molecule has 1 aromatic rings. The Labute approximate surface area is 125 Å². The van der Waals surface area contributed by atoms with Gasteiger partial charge in [-0.1, -0.05) is 12.2 Å². The average molecular weight is 320 g/mol. The van der Waals surface area contributed by atoms with Crippen LogP contribution in [0.15, 0.2) is 18.2 Å². The van der Waals surface area contributed by atoms with Crippen LogP contribution in [0.5, 0.6) is 0 Å². The Morgan fingerprint density at radius 3 is 2.43 bits per heavy atom. The van der Waals surface area contributed by atoms with Gasteiger partial charge in [-0.2, -0.15) is 13.2 Å². The molecule has 1 aromatic carbocycles. The fraction of sp³-hybridized carbons (Fsp3) is 0.500. The van der Waals surface area contributed by atoms with Crippen LogP contribution in [0.3, 0.4) is 0 Å². The molecule has 21 heavy (non-hydrogen) atoms. The third-order valence-electron chi connectivity index (χ3n) is 3.78. The van der Waals surface area contributed by atoms with Gasteiger partial charge in [0, 0.05) is 12.1 Å². The number of halogens is 4. The summed E-state index contributed by atoms with van der Waals surface area (Å²) in [5.41, 5.74) is 6.78. The Hall–Kier alpha value is -1.21. The molecule has 0 saturated carbocycles. The molecule has 0 spiro atoms. The summed E-state index contributed by atoms with van der Waals surface area (Å²) in [6.45, 7) is 1.02. The van der Waals surface area contributed by atoms with E-state index in [1.165, 1.54) is 18.2 Å². The predicted molar refractivity (Wildman–Crippen MR) is 76.3 cm³/mol. The lowest BCUT2D eigenvalue weighted by Gasteiger charge is -2.33. The third-order valence-corrected chi connectivity index (χ3v) is 4.00. The lowest BCUT2D eigenvalue weighted by molar-refractivity contribution is -0.185. The molecule has 0 aliphatic carbocycles. The fourth-order valence-electron chi connectivity index (χ4n) is 2.59. The molecule has 0 atom stereocenters. The molecule has 7 heteroatoms. The van der Waals surface area contributed by atoms with Gasteiger partial charge in [-0.25, -0.2) is 4.39 Å². The van der Waals surface area contributed by atoms with Crippen LogP contribution in [-0.2, 0) is 6.54 Å². The summed E-state index contributed by atoms with van der Waals surface area (Å²) in [6, 6.07) is 4.12. The number of nitrogens with zero attached hydrogens (tertiary/aromatic N) is 1. The highest BCUT2D eigenvalue weighted by Crippen LogP contribution is 2.34. The smallest absolute Gasteiger partial charge is 0.389 e. The Balaban J connectivity index is 2.04. The van der Waals surface area contributed by atoms with Crippen LogP contribution in [0.4, 0.5) is 17.6 Å². The first-order chi connectivity index (χ1) is 9.77. The standard InChI is InChI=1S/C14H16F4N2S/c15-11-1-2-12(13(19)21)9(7-11)8-20-5-3-10(4-6-20)14(16,17)18/h1-2,7,10H,3-6,8H2,(H2,19,21). The maximum Gasteiger partial charge on any atom is 0.391 e. The Morgan fingerprint density at radius 2 is 1.90 bits per heavy atom. The molecule has 0 amide bonds. The van der Waals surface area contributed by atoms with Crippen LogP contribution in [0.2, 0.25) is 0 Å². The van der Waals surface area contributed by atoms with Gasteiger partial charge < -0.3 is 5.73 Å². The molecule has 1 aliphatic rings. The Bertz CT molecular complexity index is 522. The van der Waals surface area contributed by atoms with Gasteiger partial charge in [0.05, 0.1) is 5.92 Å². The summed E-state index contributed by atoms with van der Waals surface area (Å²) in [6.07, 6.45) is -3.99. The molecule has 0 unspecified atom stereocenters. The van der Waals surface area contributed by atoms with E-state index in [-0.39, 0.29) is 17.8 Å². The number of benzene rings is 1. The first-order valence-electron chi connectivity index (χ1n) is 6.64. The lowest BCUT2D eigenvalue weighted by Crippen LogP contribution is -2.38. The number of piperidine rings is 1. The average Bonchev–Trinajstić information content (AvgIpc) is 2.38. The van der Waals surface area contributed by atoms with Crippen LogP contribution in [0, 0.1) is 11.7 Å². The van der Waals surface area contributed by atoms with Crippen molar-refractivity contribution in [2.75, 3.05) is 13.1 Å². The molecular weight excluding hydrogens is 304 g/mol. The quantitative estimate of drug-likeness (QED) is 0.685. The second-order valence-electron chi connectivity index (χ2n) is 5.26. The van der Waals surface area contributed by atoms with Crippen molar-refractivity contribution in [3.8, 4) is 0 Å². The second-order valence-corrected chi connectivity index (χ2v) is 5.70. The maximum atomic E-state index is 13.3. The van der Waals surface area contributed by atoms with E-state index in [0.29, 0.717) is 30.8 Å². The van der Waals surface area contributed by atoms with Crippen LogP contribution >= 0.6 is 12.2 Å². The molecular formula is C14H16F4N2S. The van der Waals surface area contributed by atoms with Gasteiger partial charge in [-0.3, -0.25) is 4.90 Å². The molecule has 0 radical (unpaired) electrons. The van der Waals surface area contributed by atoms with E-state index in [4.69, 9.17) is 18.0 Å². The highest BCUT2D eigenvalue weighted by atomic mass is 32.1. The van der Waals surface area contributed by atoms with Gasteiger partial charge in [-0.05, 0) is 49.7 Å². The molecule has 1 saturated heterocycles. The third kappa shape index (κ3) is 4.14. The van der Waals surface area contributed by atoms with Crippen LogP contribution in [0.25, 0.3) is 0 Å². The maximum absolute atomic E-state index is 13.3. The normalized spacial score (nSPS) is 17.9. The Morgan fingerprint density at radius 1 is 1.29 bits per heavy atom. The van der Waals surface area contributed by atoms with Crippen molar-refractivity contribution in [2.45, 2.75) is 25.6 Å². The minimum Gasteiger partial charge on any atom is -0.389 e. The largest absolute Gasteiger partial charge is 0.391 e. The fourth-order valence-corrected chi connectivity index (χ4v) is 2.79. The first kappa shape index (κ1) is 16.2. The van der Waals surface area contributed by atoms with Crippen LogP contribution < -0.4 is 5.73 Å². The zero-order valence-corrected chi connectivity index (χ0v) is 12.1. The van der Waals surface area contributed by atoms with Gasteiger partial charge in [0.15, 0.2) is 0 Å². The van der Waals surface area contributed by atoms with Crippen LogP contribution in [-0.4, -0.2) is 29.2 Å². The molecule has 1 fully saturated rings. The van der Waals surface area contributed by atoms with Crippen molar-refractivity contribution in [3.05, 3.63) is 35.1 Å². The van der Waals surface area contributed by atoms with Gasteiger partial charge in [0.1, 0.15) is 10.8 Å². The first-order valence-corrected chi connectivity index (χ1v) is 7.05. The van der Waals surface area contributed by atoms with Gasteiger partial charge in [0.2, 0.25) is 0 Å². The number of rotatable bonds is 3. The SMILES string of the molecule is NC(=S)c1ccc(F)cc1CN1CCC(C(F)(F)F)CC1. The number of nitrogens with two attached hydrogens (primary N) is 1. The molecule has 2 rings (SSSR count). The van der Waals surface area contributed by atoms with Crippen molar-refractivity contribution in [1.29, 1.82) is 0 Å². The molecule has 0 bridgehead atoms. The second kappa shape index (κ2) is 6.27. The van der Waals surface area contributed by atoms with Crippen molar-refractivity contribution in [1.82, 2.24) is 4.90 Å². The highest BCUT2D eigenvalue weighted by Gasteiger charge is 2.41. The summed E-state index contributed by atoms with van der Waals surface area (Å²) in [5.74, 6) is -1.65. The molecule has 116 valence electrons. The van der Waals surface area contributed by atoms with Gasteiger partial charge in [0.25, 0.3) is 0 Å². The van der Waals surface area contributed by atoms with E-state index in [9.17, 15) is 17.6 Å². The van der Waals surface area contributed by atoms with E-state index in [1.807, 2.05) is 4.90 Å². The number of hydrogen-bond donors (Lipinski definition) is 1. The highest BCUT2D eigenvalue weighted by molar-refractivity contribution is 7.80. The number of hydrogen-bond acceptors (Lipinski definition) is 2. The van der Waals surface area contributed by atoms with Crippen LogP contribution in [0.1, 0.15) is 24.0 Å². The Kier molecular flexibility index (Phi) is 4.83. The number of likely N-dealkylation sites (tertiary alicyclic amines) is 1. The molecule has 2 N–H and O–H groups in total. The van der Waals surface area contributed by atoms with Crippen molar-refractivity contribution >= 4 is 17.2 Å². The van der Waals surface area contributed by atoms with E-state index < -0.39 is 17.9 Å².